The van der Waals surface area contributed by atoms with E-state index in [1.54, 1.807) is 0 Å². The summed E-state index contributed by atoms with van der Waals surface area (Å²) in [6.07, 6.45) is 7.91. The summed E-state index contributed by atoms with van der Waals surface area (Å²) in [7, 11) is 0. The van der Waals surface area contributed by atoms with E-state index < -0.39 is 0 Å². The lowest BCUT2D eigenvalue weighted by molar-refractivity contribution is 0.237. The maximum atomic E-state index is 10.5. The first kappa shape index (κ1) is 15.9. The molecule has 2 heteroatoms. The van der Waals surface area contributed by atoms with E-state index in [-0.39, 0.29) is 12.0 Å². The van der Waals surface area contributed by atoms with Gasteiger partial charge in [-0.2, -0.15) is 0 Å². The lowest BCUT2D eigenvalue weighted by Gasteiger charge is -2.25. The van der Waals surface area contributed by atoms with Crippen molar-refractivity contribution in [3.05, 3.63) is 34.9 Å². The summed E-state index contributed by atoms with van der Waals surface area (Å²) in [5, 5.41) is 10.5. The topological polar surface area (TPSA) is 29.5 Å². The Bertz CT molecular complexity index is 515. The molecule has 0 saturated heterocycles. The molecular weight excluding hydrogens is 260 g/mol. The van der Waals surface area contributed by atoms with Crippen molar-refractivity contribution < 1.29 is 9.84 Å². The molecule has 1 atom stereocenters. The van der Waals surface area contributed by atoms with Crippen LogP contribution in [0, 0.1) is 0 Å². The lowest BCUT2D eigenvalue weighted by atomic mass is 9.84. The molecule has 0 saturated carbocycles. The second-order valence-corrected chi connectivity index (χ2v) is 6.46. The summed E-state index contributed by atoms with van der Waals surface area (Å²) in [4.78, 5) is 0. The van der Waals surface area contributed by atoms with Crippen LogP contribution < -0.4 is 4.74 Å². The predicted octanol–water partition coefficient (Wildman–Crippen LogP) is 5.35. The number of ether oxygens (including phenoxy) is 1. The van der Waals surface area contributed by atoms with Crippen LogP contribution in [0.1, 0.15) is 70.4 Å². The Balaban J connectivity index is 2.44. The second-order valence-electron chi connectivity index (χ2n) is 6.46. The Hall–Kier alpha value is -1.44. The fourth-order valence-electron chi connectivity index (χ4n) is 3.16. The number of hydrogen-bond acceptors (Lipinski definition) is 2. The molecule has 0 bridgehead atoms. The molecule has 0 fully saturated rings. The van der Waals surface area contributed by atoms with Gasteiger partial charge in [-0.3, -0.25) is 0 Å². The molecule has 116 valence electrons. The van der Waals surface area contributed by atoms with E-state index in [0.29, 0.717) is 5.75 Å². The predicted molar refractivity (Wildman–Crippen MR) is 88.2 cm³/mol. The third-order valence-electron chi connectivity index (χ3n) is 4.02. The maximum Gasteiger partial charge on any atom is 0.127 e. The van der Waals surface area contributed by atoms with Gasteiger partial charge in [0.1, 0.15) is 11.5 Å². The monoisotopic (exact) mass is 288 g/mol. The Morgan fingerprint density at radius 2 is 2.10 bits per heavy atom. The van der Waals surface area contributed by atoms with E-state index in [1.165, 1.54) is 18.4 Å². The minimum absolute atomic E-state index is 0.119. The van der Waals surface area contributed by atoms with Gasteiger partial charge in [-0.25, -0.2) is 0 Å². The van der Waals surface area contributed by atoms with Crippen molar-refractivity contribution in [3.63, 3.8) is 0 Å². The molecule has 2 rings (SSSR count). The molecule has 1 aliphatic carbocycles. The fraction of sp³-hybridized carbons (Fsp3) is 0.579. The highest BCUT2D eigenvalue weighted by atomic mass is 16.5. The molecule has 0 heterocycles. The van der Waals surface area contributed by atoms with Crippen molar-refractivity contribution in [2.24, 2.45) is 0 Å². The maximum absolute atomic E-state index is 10.5. The summed E-state index contributed by atoms with van der Waals surface area (Å²) in [5.74, 6) is 1.54. The van der Waals surface area contributed by atoms with Gasteiger partial charge in [0, 0.05) is 11.5 Å². The van der Waals surface area contributed by atoms with Gasteiger partial charge >= 0.3 is 0 Å². The smallest absolute Gasteiger partial charge is 0.127 e. The van der Waals surface area contributed by atoms with Crippen molar-refractivity contribution in [2.75, 3.05) is 0 Å². The van der Waals surface area contributed by atoms with Crippen molar-refractivity contribution in [1.82, 2.24) is 0 Å². The van der Waals surface area contributed by atoms with Crippen LogP contribution in [0.15, 0.2) is 23.8 Å². The molecule has 2 nitrogen and oxygen atoms in total. The highest BCUT2D eigenvalue weighted by Crippen LogP contribution is 2.42. The van der Waals surface area contributed by atoms with Gasteiger partial charge < -0.3 is 9.84 Å². The summed E-state index contributed by atoms with van der Waals surface area (Å²) in [6, 6.07) is 4.04. The van der Waals surface area contributed by atoms with Crippen LogP contribution in [0.5, 0.6) is 11.5 Å². The number of benzene rings is 1. The van der Waals surface area contributed by atoms with E-state index in [0.717, 1.165) is 36.1 Å². The van der Waals surface area contributed by atoms with Gasteiger partial charge in [-0.15, -0.1) is 0 Å². The Kier molecular flexibility index (Phi) is 5.33. The largest absolute Gasteiger partial charge is 0.507 e. The van der Waals surface area contributed by atoms with Crippen LogP contribution in [0.2, 0.25) is 0 Å². The van der Waals surface area contributed by atoms with E-state index in [2.05, 4.69) is 26.0 Å². The number of phenolic OH excluding ortho intramolecular Hbond substituents is 1. The third kappa shape index (κ3) is 4.03. The molecule has 0 radical (unpaired) electrons. The first-order valence-corrected chi connectivity index (χ1v) is 8.21. The van der Waals surface area contributed by atoms with Crippen molar-refractivity contribution in [2.45, 2.75) is 71.8 Å². The zero-order chi connectivity index (χ0) is 15.4. The normalized spacial score (nSPS) is 18.7. The second kappa shape index (κ2) is 7.02. The molecular formula is C19H28O2. The van der Waals surface area contributed by atoms with Crippen LogP contribution in [-0.4, -0.2) is 11.2 Å². The average Bonchev–Trinajstić information content (AvgIpc) is 2.37. The number of phenols is 1. The molecule has 1 aromatic rings. The Labute approximate surface area is 128 Å². The van der Waals surface area contributed by atoms with Crippen molar-refractivity contribution in [3.8, 4) is 11.5 Å². The number of aryl methyl sites for hydroxylation is 1. The molecule has 0 spiro atoms. The fourth-order valence-corrected chi connectivity index (χ4v) is 3.16. The molecule has 0 aromatic heterocycles. The van der Waals surface area contributed by atoms with Crippen LogP contribution in [-0.2, 0) is 6.42 Å². The molecule has 21 heavy (non-hydrogen) atoms. The van der Waals surface area contributed by atoms with E-state index in [9.17, 15) is 5.11 Å². The van der Waals surface area contributed by atoms with Crippen molar-refractivity contribution >= 4 is 0 Å². The van der Waals surface area contributed by atoms with Crippen LogP contribution in [0.25, 0.3) is 0 Å². The van der Waals surface area contributed by atoms with Gasteiger partial charge in [0.15, 0.2) is 0 Å². The van der Waals surface area contributed by atoms with E-state index >= 15 is 0 Å². The Morgan fingerprint density at radius 3 is 2.71 bits per heavy atom. The van der Waals surface area contributed by atoms with Crippen LogP contribution in [0.3, 0.4) is 0 Å². The standard InChI is InChI=1S/C19H28O2/c1-5-7-15-11-17(20)19(18(12-15)21-13(2)3)16-9-6-8-14(4)10-16/h10-13,16,20H,5-9H2,1-4H3/t16-/m0/s1. The molecule has 0 unspecified atom stereocenters. The van der Waals surface area contributed by atoms with Crippen LogP contribution in [0.4, 0.5) is 0 Å². The Morgan fingerprint density at radius 1 is 1.33 bits per heavy atom. The van der Waals surface area contributed by atoms with E-state index in [4.69, 9.17) is 4.74 Å². The van der Waals surface area contributed by atoms with Gasteiger partial charge in [0.2, 0.25) is 0 Å². The number of aromatic hydroxyl groups is 1. The van der Waals surface area contributed by atoms with Crippen LogP contribution >= 0.6 is 0 Å². The minimum Gasteiger partial charge on any atom is -0.507 e. The van der Waals surface area contributed by atoms with Gasteiger partial charge in [0.25, 0.3) is 0 Å². The molecule has 0 aliphatic heterocycles. The first-order valence-electron chi connectivity index (χ1n) is 8.21. The summed E-state index contributed by atoms with van der Waals surface area (Å²) < 4.78 is 6.01. The summed E-state index contributed by atoms with van der Waals surface area (Å²) in [5.41, 5.74) is 3.55. The quantitative estimate of drug-likeness (QED) is 0.740. The molecule has 1 N–H and O–H groups in total. The van der Waals surface area contributed by atoms with Gasteiger partial charge in [-0.05, 0) is 64.2 Å². The van der Waals surface area contributed by atoms with Gasteiger partial charge in [-0.1, -0.05) is 25.0 Å². The molecule has 1 aliphatic rings. The summed E-state index contributed by atoms with van der Waals surface area (Å²) >= 11 is 0. The zero-order valence-corrected chi connectivity index (χ0v) is 13.8. The third-order valence-corrected chi connectivity index (χ3v) is 4.02. The first-order chi connectivity index (χ1) is 10.0. The highest BCUT2D eigenvalue weighted by molar-refractivity contribution is 5.51. The zero-order valence-electron chi connectivity index (χ0n) is 13.8. The van der Waals surface area contributed by atoms with E-state index in [1.807, 2.05) is 19.9 Å². The molecule has 0 amide bonds. The van der Waals surface area contributed by atoms with Gasteiger partial charge in [0.05, 0.1) is 6.10 Å². The number of rotatable bonds is 5. The minimum atomic E-state index is 0.119. The number of hydrogen-bond donors (Lipinski definition) is 1. The average molecular weight is 288 g/mol. The highest BCUT2D eigenvalue weighted by Gasteiger charge is 2.22. The summed E-state index contributed by atoms with van der Waals surface area (Å²) in [6.45, 7) is 8.41. The van der Waals surface area contributed by atoms with Crippen molar-refractivity contribution in [1.29, 1.82) is 0 Å². The molecule has 1 aromatic carbocycles. The number of allylic oxidation sites excluding steroid dienone is 2. The lowest BCUT2D eigenvalue weighted by Crippen LogP contribution is -2.11. The SMILES string of the molecule is CCCc1cc(O)c([C@@H]2C=C(C)CCC2)c(OC(C)C)c1.